The summed E-state index contributed by atoms with van der Waals surface area (Å²) in [7, 11) is 1.49. The molecule has 5 nitrogen and oxygen atoms in total. The lowest BCUT2D eigenvalue weighted by Gasteiger charge is -2.61. The van der Waals surface area contributed by atoms with Crippen LogP contribution in [0.15, 0.2) is 11.6 Å². The van der Waals surface area contributed by atoms with Gasteiger partial charge in [-0.3, -0.25) is 14.4 Å². The summed E-state index contributed by atoms with van der Waals surface area (Å²) in [6.07, 6.45) is 9.53. The highest BCUT2D eigenvalue weighted by atomic mass is 16.6. The number of carbonyl (C=O) groups is 3. The summed E-state index contributed by atoms with van der Waals surface area (Å²) in [5, 5.41) is 0. The average molecular weight is 413 g/mol. The Bertz CT molecular complexity index is 905. The molecule has 5 aliphatic carbocycles. The van der Waals surface area contributed by atoms with E-state index in [2.05, 4.69) is 13.8 Å². The van der Waals surface area contributed by atoms with Gasteiger partial charge in [0.1, 0.15) is 5.60 Å². The van der Waals surface area contributed by atoms with Crippen molar-refractivity contribution in [2.75, 3.05) is 7.11 Å². The van der Waals surface area contributed by atoms with Crippen molar-refractivity contribution in [3.8, 4) is 0 Å². The Hall–Kier alpha value is -1.65. The fraction of sp³-hybridized carbons (Fsp3) is 0.800. The number of esters is 2. The van der Waals surface area contributed by atoms with Crippen molar-refractivity contribution in [1.82, 2.24) is 0 Å². The van der Waals surface area contributed by atoms with Crippen LogP contribution < -0.4 is 0 Å². The molecule has 1 aliphatic heterocycles. The third kappa shape index (κ3) is 1.94. The van der Waals surface area contributed by atoms with Gasteiger partial charge in [0.05, 0.1) is 13.0 Å². The fourth-order valence-corrected chi connectivity index (χ4v) is 9.53. The van der Waals surface area contributed by atoms with Gasteiger partial charge in [0.25, 0.3) is 0 Å². The van der Waals surface area contributed by atoms with E-state index in [0.29, 0.717) is 31.1 Å². The Morgan fingerprint density at radius 3 is 2.63 bits per heavy atom. The molecule has 30 heavy (non-hydrogen) atoms. The monoisotopic (exact) mass is 412 g/mol. The molecule has 0 amide bonds. The predicted octanol–water partition coefficient (Wildman–Crippen LogP) is 3.99. The standard InChI is InChI=1S/C25H32O5/c1-22-7-4-16(26)10-14(22)11-17(21(28)29-3)20-18-5-8-24(9-6-19(27)30-24)23(18,2)12-15-13-25(15,20)22/h10,15,17-18,20H,4-9,11-13H2,1-3H3/t15-,17?,18-,20-,22-,23-,24+,25-/m0/s1. The largest absolute Gasteiger partial charge is 0.469 e. The molecule has 1 heterocycles. The SMILES string of the molecule is COC(=O)C1CC2=CC(=O)CC[C@]2(C)[C@@]23C[C@@H]2C[C@@]2(C)[C@@H](CC[C@@]24CCC(=O)O4)[C@H]13. The summed E-state index contributed by atoms with van der Waals surface area (Å²) in [6, 6.07) is 0. The number of rotatable bonds is 1. The van der Waals surface area contributed by atoms with Crippen LogP contribution in [-0.2, 0) is 23.9 Å². The molecule has 0 N–H and O–H groups in total. The quantitative estimate of drug-likeness (QED) is 0.609. The van der Waals surface area contributed by atoms with Gasteiger partial charge in [0.2, 0.25) is 0 Å². The van der Waals surface area contributed by atoms with Crippen LogP contribution in [-0.4, -0.2) is 30.4 Å². The summed E-state index contributed by atoms with van der Waals surface area (Å²) < 4.78 is 11.4. The van der Waals surface area contributed by atoms with Crippen molar-refractivity contribution in [2.24, 2.45) is 39.9 Å². The van der Waals surface area contributed by atoms with Crippen molar-refractivity contribution < 1.29 is 23.9 Å². The number of fused-ring (bicyclic) bond motifs is 4. The third-order valence-electron chi connectivity index (χ3n) is 10.9. The fourth-order valence-electron chi connectivity index (χ4n) is 9.53. The van der Waals surface area contributed by atoms with Crippen molar-refractivity contribution in [1.29, 1.82) is 0 Å². The molecule has 6 aliphatic rings. The van der Waals surface area contributed by atoms with E-state index in [1.54, 1.807) is 0 Å². The van der Waals surface area contributed by atoms with E-state index < -0.39 is 0 Å². The van der Waals surface area contributed by atoms with Gasteiger partial charge in [-0.05, 0) is 79.6 Å². The number of ether oxygens (including phenoxy) is 2. The minimum atomic E-state index is -0.344. The van der Waals surface area contributed by atoms with Crippen LogP contribution in [0.4, 0.5) is 0 Å². The first-order valence-electron chi connectivity index (χ1n) is 11.7. The van der Waals surface area contributed by atoms with E-state index in [9.17, 15) is 14.4 Å². The van der Waals surface area contributed by atoms with Crippen molar-refractivity contribution in [2.45, 2.75) is 77.2 Å². The summed E-state index contributed by atoms with van der Waals surface area (Å²) in [5.41, 5.74) is 0.877. The minimum Gasteiger partial charge on any atom is -0.469 e. The predicted molar refractivity (Wildman–Crippen MR) is 108 cm³/mol. The zero-order valence-electron chi connectivity index (χ0n) is 18.3. The zero-order valence-corrected chi connectivity index (χ0v) is 18.3. The molecule has 5 fully saturated rings. The molecule has 1 saturated heterocycles. The maximum atomic E-state index is 13.1. The summed E-state index contributed by atoms with van der Waals surface area (Å²) >= 11 is 0. The average Bonchev–Trinajstić information content (AvgIpc) is 3.20. The molecule has 0 radical (unpaired) electrons. The Labute approximate surface area is 177 Å². The third-order valence-corrected chi connectivity index (χ3v) is 10.9. The number of allylic oxidation sites excluding steroid dienone is 1. The van der Waals surface area contributed by atoms with Crippen LogP contribution in [0.5, 0.6) is 0 Å². The van der Waals surface area contributed by atoms with Gasteiger partial charge >= 0.3 is 11.9 Å². The van der Waals surface area contributed by atoms with Gasteiger partial charge in [-0.1, -0.05) is 19.4 Å². The van der Waals surface area contributed by atoms with E-state index in [4.69, 9.17) is 9.47 Å². The van der Waals surface area contributed by atoms with E-state index in [1.165, 1.54) is 12.7 Å². The van der Waals surface area contributed by atoms with Crippen molar-refractivity contribution >= 4 is 17.7 Å². The lowest BCUT2D eigenvalue weighted by molar-refractivity contribution is -0.179. The van der Waals surface area contributed by atoms with Gasteiger partial charge in [-0.2, -0.15) is 0 Å². The second kappa shape index (κ2) is 5.58. The van der Waals surface area contributed by atoms with Crippen LogP contribution in [0.2, 0.25) is 0 Å². The molecule has 8 atom stereocenters. The summed E-state index contributed by atoms with van der Waals surface area (Å²) in [4.78, 5) is 37.5. The highest BCUT2D eigenvalue weighted by Gasteiger charge is 2.81. The molecular formula is C25H32O5. The van der Waals surface area contributed by atoms with E-state index in [0.717, 1.165) is 38.5 Å². The van der Waals surface area contributed by atoms with Gasteiger partial charge in [0, 0.05) is 18.3 Å². The maximum Gasteiger partial charge on any atom is 0.309 e. The lowest BCUT2D eigenvalue weighted by Crippen LogP contribution is -2.59. The molecule has 2 spiro atoms. The van der Waals surface area contributed by atoms with Crippen LogP contribution in [0, 0.1) is 39.9 Å². The summed E-state index contributed by atoms with van der Waals surface area (Å²) in [5.74, 6) is 0.982. The first kappa shape index (κ1) is 19.1. The van der Waals surface area contributed by atoms with Crippen LogP contribution in [0.3, 0.4) is 0 Å². The first-order chi connectivity index (χ1) is 14.2. The minimum absolute atomic E-state index is 0.00417. The van der Waals surface area contributed by atoms with Crippen LogP contribution >= 0.6 is 0 Å². The number of hydrogen-bond acceptors (Lipinski definition) is 5. The Kier molecular flexibility index (Phi) is 3.54. The van der Waals surface area contributed by atoms with Crippen molar-refractivity contribution in [3.63, 3.8) is 0 Å². The molecule has 0 aromatic rings. The number of methoxy groups -OCH3 is 1. The van der Waals surface area contributed by atoms with Gasteiger partial charge in [-0.25, -0.2) is 0 Å². The molecule has 4 saturated carbocycles. The van der Waals surface area contributed by atoms with Crippen LogP contribution in [0.25, 0.3) is 0 Å². The smallest absolute Gasteiger partial charge is 0.309 e. The molecular weight excluding hydrogens is 380 g/mol. The normalized spacial score (nSPS) is 53.2. The molecule has 1 unspecified atom stereocenters. The Balaban J connectivity index is 1.49. The molecule has 0 aromatic carbocycles. The molecule has 0 bridgehead atoms. The van der Waals surface area contributed by atoms with E-state index >= 15 is 0 Å². The topological polar surface area (TPSA) is 69.7 Å². The Morgan fingerprint density at radius 1 is 1.13 bits per heavy atom. The molecule has 0 aromatic heterocycles. The molecule has 6 rings (SSSR count). The highest BCUT2D eigenvalue weighted by Crippen LogP contribution is 2.85. The molecule has 5 heteroatoms. The highest BCUT2D eigenvalue weighted by molar-refractivity contribution is 5.92. The zero-order chi connectivity index (χ0) is 21.1. The van der Waals surface area contributed by atoms with E-state index in [-0.39, 0.29) is 51.4 Å². The van der Waals surface area contributed by atoms with Crippen LogP contribution in [0.1, 0.15) is 71.6 Å². The molecule has 162 valence electrons. The Morgan fingerprint density at radius 2 is 1.93 bits per heavy atom. The first-order valence-corrected chi connectivity index (χ1v) is 11.7. The number of carbonyl (C=O) groups excluding carboxylic acids is 3. The lowest BCUT2D eigenvalue weighted by atomic mass is 9.43. The number of hydrogen-bond donors (Lipinski definition) is 0. The van der Waals surface area contributed by atoms with Gasteiger partial charge < -0.3 is 9.47 Å². The van der Waals surface area contributed by atoms with Gasteiger partial charge in [-0.15, -0.1) is 0 Å². The van der Waals surface area contributed by atoms with Crippen molar-refractivity contribution in [3.05, 3.63) is 11.6 Å². The summed E-state index contributed by atoms with van der Waals surface area (Å²) in [6.45, 7) is 4.71. The van der Waals surface area contributed by atoms with E-state index in [1.807, 2.05) is 6.08 Å². The number of ketones is 1. The maximum absolute atomic E-state index is 13.1. The van der Waals surface area contributed by atoms with Gasteiger partial charge in [0.15, 0.2) is 5.78 Å². The second-order valence-electron chi connectivity index (χ2n) is 11.5. The second-order valence-corrected chi connectivity index (χ2v) is 11.5.